The van der Waals surface area contributed by atoms with Crippen molar-refractivity contribution in [3.8, 4) is 44.8 Å². The van der Waals surface area contributed by atoms with Crippen LogP contribution in [0, 0.1) is 0 Å². The van der Waals surface area contributed by atoms with E-state index in [-0.39, 0.29) is 5.41 Å². The molecule has 0 radical (unpaired) electrons. The number of nitrogens with zero attached hydrogens (tertiary/aromatic N) is 2. The average molecular weight is 855 g/mol. The Morgan fingerprint density at radius 3 is 1.36 bits per heavy atom. The highest BCUT2D eigenvalue weighted by Crippen LogP contribution is 2.51. The minimum absolute atomic E-state index is 0.161. The molecule has 0 saturated carbocycles. The van der Waals surface area contributed by atoms with Gasteiger partial charge in [-0.05, 0) is 146 Å². The van der Waals surface area contributed by atoms with Crippen molar-refractivity contribution in [3.05, 3.63) is 264 Å². The molecule has 0 amide bonds. The van der Waals surface area contributed by atoms with Gasteiger partial charge in [-0.2, -0.15) is 0 Å². The molecule has 67 heavy (non-hydrogen) atoms. The highest BCUT2D eigenvalue weighted by atomic mass is 15.0. The largest absolute Gasteiger partial charge is 0.309 e. The van der Waals surface area contributed by atoms with E-state index in [9.17, 15) is 0 Å². The minimum atomic E-state index is -0.161. The van der Waals surface area contributed by atoms with E-state index in [1.54, 1.807) is 0 Å². The van der Waals surface area contributed by atoms with Crippen LogP contribution in [0.5, 0.6) is 0 Å². The second-order valence-electron chi connectivity index (χ2n) is 18.5. The van der Waals surface area contributed by atoms with Gasteiger partial charge in [0.25, 0.3) is 0 Å². The molecule has 0 saturated heterocycles. The number of hydrogen-bond acceptors (Lipinski definition) is 0. The van der Waals surface area contributed by atoms with Crippen LogP contribution in [0.3, 0.4) is 0 Å². The summed E-state index contributed by atoms with van der Waals surface area (Å²) in [6.45, 7) is 4.77. The molecular formula is C65H46N2. The van der Waals surface area contributed by atoms with Crippen molar-refractivity contribution in [1.82, 2.24) is 9.13 Å². The molecule has 2 heterocycles. The average Bonchev–Trinajstić information content (AvgIpc) is 3.98. The summed E-state index contributed by atoms with van der Waals surface area (Å²) in [6.07, 6.45) is 2.34. The Labute approximate surface area is 391 Å². The predicted molar refractivity (Wildman–Crippen MR) is 283 cm³/mol. The van der Waals surface area contributed by atoms with Crippen LogP contribution in [0.2, 0.25) is 0 Å². The monoisotopic (exact) mass is 854 g/mol. The van der Waals surface area contributed by atoms with Gasteiger partial charge < -0.3 is 9.13 Å². The van der Waals surface area contributed by atoms with Crippen LogP contribution in [0.1, 0.15) is 41.7 Å². The third-order valence-electron chi connectivity index (χ3n) is 14.3. The first-order valence-electron chi connectivity index (χ1n) is 23.3. The molecule has 2 nitrogen and oxygen atoms in total. The third-order valence-corrected chi connectivity index (χ3v) is 14.3. The van der Waals surface area contributed by atoms with Crippen molar-refractivity contribution in [2.75, 3.05) is 0 Å². The van der Waals surface area contributed by atoms with Gasteiger partial charge in [-0.15, -0.1) is 0 Å². The molecular weight excluding hydrogens is 809 g/mol. The lowest BCUT2D eigenvalue weighted by Gasteiger charge is -2.22. The van der Waals surface area contributed by atoms with Crippen molar-refractivity contribution >= 4 is 55.3 Å². The molecule has 0 N–H and O–H groups in total. The molecule has 0 atom stereocenters. The van der Waals surface area contributed by atoms with Crippen LogP contribution in [-0.2, 0) is 5.41 Å². The van der Waals surface area contributed by atoms with Gasteiger partial charge in [-0.1, -0.05) is 178 Å². The van der Waals surface area contributed by atoms with Crippen LogP contribution in [0.25, 0.3) is 100 Å². The summed E-state index contributed by atoms with van der Waals surface area (Å²) < 4.78 is 4.76. The van der Waals surface area contributed by atoms with Gasteiger partial charge in [0, 0.05) is 38.3 Å². The number of hydrogen-bond donors (Lipinski definition) is 0. The second kappa shape index (κ2) is 15.3. The third kappa shape index (κ3) is 6.32. The molecule has 316 valence electrons. The van der Waals surface area contributed by atoms with Crippen LogP contribution in [-0.4, -0.2) is 9.13 Å². The fraction of sp³-hybridized carbons (Fsp3) is 0.0462. The quantitative estimate of drug-likeness (QED) is 0.141. The molecule has 0 bridgehead atoms. The number of rotatable bonds is 7. The first-order valence-corrected chi connectivity index (χ1v) is 23.3. The summed E-state index contributed by atoms with van der Waals surface area (Å²) in [5, 5.41) is 5.04. The molecule has 0 fully saturated rings. The second-order valence-corrected chi connectivity index (χ2v) is 18.5. The summed E-state index contributed by atoms with van der Waals surface area (Å²) >= 11 is 0. The Morgan fingerprint density at radius 1 is 0.343 bits per heavy atom. The molecule has 10 aromatic carbocycles. The van der Waals surface area contributed by atoms with Crippen molar-refractivity contribution in [2.45, 2.75) is 19.3 Å². The van der Waals surface area contributed by atoms with Gasteiger partial charge in [-0.25, -0.2) is 0 Å². The topological polar surface area (TPSA) is 9.86 Å². The summed E-state index contributed by atoms with van der Waals surface area (Å²) in [4.78, 5) is 0. The van der Waals surface area contributed by atoms with E-state index in [4.69, 9.17) is 0 Å². The summed E-state index contributed by atoms with van der Waals surface area (Å²) in [5.74, 6) is 0. The van der Waals surface area contributed by atoms with Crippen molar-refractivity contribution in [2.24, 2.45) is 0 Å². The van der Waals surface area contributed by atoms with Crippen LogP contribution >= 0.6 is 0 Å². The zero-order valence-corrected chi connectivity index (χ0v) is 37.5. The van der Waals surface area contributed by atoms with E-state index in [1.165, 1.54) is 122 Å². The van der Waals surface area contributed by atoms with Crippen molar-refractivity contribution in [3.63, 3.8) is 0 Å². The Morgan fingerprint density at radius 2 is 0.776 bits per heavy atom. The zero-order valence-electron chi connectivity index (χ0n) is 37.5. The lowest BCUT2D eigenvalue weighted by Crippen LogP contribution is -2.15. The smallest absolute Gasteiger partial charge is 0.0541 e. The normalized spacial score (nSPS) is 13.1. The number of aromatic nitrogens is 2. The molecule has 1 aliphatic carbocycles. The Hall–Kier alpha value is -8.46. The van der Waals surface area contributed by atoms with Crippen molar-refractivity contribution < 1.29 is 0 Å². The van der Waals surface area contributed by atoms with E-state index in [0.717, 1.165) is 0 Å². The molecule has 2 heteroatoms. The van der Waals surface area contributed by atoms with E-state index < -0.39 is 0 Å². The lowest BCUT2D eigenvalue weighted by atomic mass is 9.81. The number of benzene rings is 10. The standard InChI is InChI=1S/C65H46N2/c1-65(2)59-41-47(30-34-52(59)53-35-31-48(42-60(53)65)46-32-36-63-57(39-46)54-22-12-14-24-61(54)66(63)50-18-8-4-9-19-50)44-28-26-43(27-29-44)38-56(45-16-6-3-7-17-45)49-33-37-64-58(40-49)55-23-13-15-25-62(55)67(64)51-20-10-5-11-21-51/h3-42H,1-2H3. The van der Waals surface area contributed by atoms with Crippen LogP contribution in [0.15, 0.2) is 237 Å². The van der Waals surface area contributed by atoms with Gasteiger partial charge in [0.2, 0.25) is 0 Å². The van der Waals surface area contributed by atoms with Gasteiger partial charge >= 0.3 is 0 Å². The van der Waals surface area contributed by atoms with E-state index in [0.29, 0.717) is 0 Å². The molecule has 13 rings (SSSR count). The molecule has 0 aliphatic heterocycles. The Bertz CT molecular complexity index is 3900. The number of para-hydroxylation sites is 4. The maximum Gasteiger partial charge on any atom is 0.0541 e. The highest BCUT2D eigenvalue weighted by Gasteiger charge is 2.36. The predicted octanol–water partition coefficient (Wildman–Crippen LogP) is 17.1. The fourth-order valence-corrected chi connectivity index (χ4v) is 11.0. The van der Waals surface area contributed by atoms with E-state index >= 15 is 0 Å². The first-order chi connectivity index (χ1) is 33.0. The van der Waals surface area contributed by atoms with E-state index in [1.807, 2.05) is 0 Å². The number of fused-ring (bicyclic) bond motifs is 9. The van der Waals surface area contributed by atoms with Crippen LogP contribution < -0.4 is 0 Å². The molecule has 2 aromatic heterocycles. The first kappa shape index (κ1) is 39.0. The van der Waals surface area contributed by atoms with Gasteiger partial charge in [-0.3, -0.25) is 0 Å². The molecule has 0 unspecified atom stereocenters. The van der Waals surface area contributed by atoms with E-state index in [2.05, 4.69) is 266 Å². The van der Waals surface area contributed by atoms with Gasteiger partial charge in [0.15, 0.2) is 0 Å². The Kier molecular flexibility index (Phi) is 8.91. The lowest BCUT2D eigenvalue weighted by molar-refractivity contribution is 0.661. The zero-order chi connectivity index (χ0) is 44.6. The van der Waals surface area contributed by atoms with Crippen molar-refractivity contribution in [1.29, 1.82) is 0 Å². The van der Waals surface area contributed by atoms with Gasteiger partial charge in [0.1, 0.15) is 0 Å². The highest BCUT2D eigenvalue weighted by molar-refractivity contribution is 6.12. The molecule has 0 spiro atoms. The van der Waals surface area contributed by atoms with Gasteiger partial charge in [0.05, 0.1) is 22.1 Å². The fourth-order valence-electron chi connectivity index (χ4n) is 11.0. The Balaban J connectivity index is 0.830. The van der Waals surface area contributed by atoms with Crippen LogP contribution in [0.4, 0.5) is 0 Å². The summed E-state index contributed by atoms with van der Waals surface area (Å²) in [5.41, 5.74) is 22.1. The maximum atomic E-state index is 2.44. The summed E-state index contributed by atoms with van der Waals surface area (Å²) in [7, 11) is 0. The minimum Gasteiger partial charge on any atom is -0.309 e. The SMILES string of the molecule is CC1(C)c2cc(-c3ccc(C=C(c4ccccc4)c4ccc5c(c4)c4ccccc4n5-c4ccccc4)cc3)ccc2-c2ccc(-c3ccc4c(c3)c3ccccc3n4-c3ccccc3)cc21. The summed E-state index contributed by atoms with van der Waals surface area (Å²) in [6, 6.07) is 86.9. The molecule has 12 aromatic rings. The maximum absolute atomic E-state index is 2.44. The molecule has 1 aliphatic rings.